The van der Waals surface area contributed by atoms with Gasteiger partial charge in [-0.1, -0.05) is 0 Å². The van der Waals surface area contributed by atoms with Crippen LogP contribution in [0.1, 0.15) is 0 Å². The van der Waals surface area contributed by atoms with Crippen LogP contribution in [0.2, 0.25) is 0 Å². The van der Waals surface area contributed by atoms with E-state index in [1.807, 2.05) is 0 Å². The summed E-state index contributed by atoms with van der Waals surface area (Å²) in [5.41, 5.74) is 0. The summed E-state index contributed by atoms with van der Waals surface area (Å²) in [6.45, 7) is 0. The standard InChI is InChI=1S/Al.HO5P2.H3O3P/c;1-6(2)5-7(3)4;1-4(2)3/h;1H;1-3H/q+3;-3;. The Labute approximate surface area is 82.2 Å². The predicted octanol–water partition coefficient (Wildman–Crippen LogP) is -3.66. The number of hydrogen-bond acceptors (Lipinski definition) is 8. The Hall–Kier alpha value is 1.50. The molecule has 0 saturated carbocycles. The van der Waals surface area contributed by atoms with Gasteiger partial charge in [-0.15, -0.1) is 0 Å². The normalized spacial score (nSPS) is 11.8. The molecular formula is H4AlO8P3. The molecule has 0 aromatic carbocycles. The minimum absolute atomic E-state index is 0. The van der Waals surface area contributed by atoms with Crippen molar-refractivity contribution in [2.24, 2.45) is 0 Å². The Kier molecular flexibility index (Phi) is 19.9. The molecule has 0 aliphatic rings. The molecule has 0 bridgehead atoms. The van der Waals surface area contributed by atoms with Crippen molar-refractivity contribution >= 4 is 43.2 Å². The monoisotopic (exact) mass is 252 g/mol. The van der Waals surface area contributed by atoms with Gasteiger partial charge in [-0.05, 0) is 0 Å². The molecule has 0 aliphatic carbocycles. The third kappa shape index (κ3) is 41.9. The van der Waals surface area contributed by atoms with E-state index >= 15 is 0 Å². The van der Waals surface area contributed by atoms with Gasteiger partial charge in [0, 0.05) is 0 Å². The zero-order valence-corrected chi connectivity index (χ0v) is 9.18. The smallest absolute Gasteiger partial charge is 0.820 e. The summed E-state index contributed by atoms with van der Waals surface area (Å²) >= 11 is 0. The van der Waals surface area contributed by atoms with Crippen LogP contribution in [0, 0.1) is 0 Å². The summed E-state index contributed by atoms with van der Waals surface area (Å²) < 4.78 is 3.27. The molecule has 0 radical (unpaired) electrons. The largest absolute Gasteiger partial charge is 3.00 e. The van der Waals surface area contributed by atoms with Gasteiger partial charge in [0.2, 0.25) is 0 Å². The molecule has 12 heavy (non-hydrogen) atoms. The minimum atomic E-state index is -3.17. The van der Waals surface area contributed by atoms with E-state index in [-0.39, 0.29) is 17.4 Å². The van der Waals surface area contributed by atoms with Gasteiger partial charge in [-0.2, -0.15) is 8.60 Å². The molecule has 8 nitrogen and oxygen atoms in total. The summed E-state index contributed by atoms with van der Waals surface area (Å²) in [5.74, 6) is 0. The summed E-state index contributed by atoms with van der Waals surface area (Å²) in [5, 5.41) is 0. The second-order valence-electron chi connectivity index (χ2n) is 0.811. The van der Waals surface area contributed by atoms with Crippen molar-refractivity contribution in [1.29, 1.82) is 0 Å². The molecule has 0 heterocycles. The molecule has 12 heteroatoms. The molecule has 0 rings (SSSR count). The van der Waals surface area contributed by atoms with Gasteiger partial charge in [0.15, 0.2) is 0 Å². The van der Waals surface area contributed by atoms with Crippen molar-refractivity contribution in [3.8, 4) is 0 Å². The van der Waals surface area contributed by atoms with Gasteiger partial charge in [0.1, 0.15) is 0 Å². The second-order valence-corrected chi connectivity index (χ2v) is 2.92. The van der Waals surface area contributed by atoms with Crippen molar-refractivity contribution in [2.75, 3.05) is 0 Å². The van der Waals surface area contributed by atoms with Crippen LogP contribution in [-0.4, -0.2) is 36.9 Å². The van der Waals surface area contributed by atoms with E-state index < -0.39 is 25.8 Å². The Bertz CT molecular complexity index is 65.9. The molecular weight excluding hydrogens is 248 g/mol. The molecule has 0 saturated heterocycles. The average Bonchev–Trinajstić information content (AvgIpc) is 1.56. The zero-order chi connectivity index (χ0) is 9.44. The first kappa shape index (κ1) is 19.1. The maximum Gasteiger partial charge on any atom is 3.00 e. The first-order chi connectivity index (χ1) is 4.86. The van der Waals surface area contributed by atoms with Crippen molar-refractivity contribution in [3.05, 3.63) is 0 Å². The van der Waals surface area contributed by atoms with Crippen LogP contribution in [0.4, 0.5) is 0 Å². The molecule has 0 amide bonds. The first-order valence-corrected chi connectivity index (χ1v) is 5.14. The maximum atomic E-state index is 9.35. The van der Waals surface area contributed by atoms with Gasteiger partial charge < -0.3 is 38.6 Å². The molecule has 4 N–H and O–H groups in total. The number of rotatable bonds is 2. The van der Waals surface area contributed by atoms with Gasteiger partial charge >= 0.3 is 26.0 Å². The topological polar surface area (TPSA) is 159 Å². The summed E-state index contributed by atoms with van der Waals surface area (Å²) in [6.07, 6.45) is 0. The fraction of sp³-hybridized carbons (Fsp3) is 0. The van der Waals surface area contributed by atoms with E-state index in [0.717, 1.165) is 0 Å². The fourth-order valence-corrected chi connectivity index (χ4v) is 0.513. The third-order valence-corrected chi connectivity index (χ3v) is 1.23. The van der Waals surface area contributed by atoms with Crippen molar-refractivity contribution in [1.82, 2.24) is 0 Å². The maximum absolute atomic E-state index is 9.35. The minimum Gasteiger partial charge on any atom is -0.820 e. The van der Waals surface area contributed by atoms with Crippen LogP contribution >= 0.6 is 25.8 Å². The van der Waals surface area contributed by atoms with E-state index in [2.05, 4.69) is 4.31 Å². The predicted molar refractivity (Wildman–Crippen MR) is 36.5 cm³/mol. The Morgan fingerprint density at radius 2 is 1.17 bits per heavy atom. The molecule has 0 fully saturated rings. The van der Waals surface area contributed by atoms with E-state index in [1.165, 1.54) is 0 Å². The SMILES string of the molecule is OP(O)O.[Al+3].[O-]P([O-])OP([O-])O. The molecule has 0 aromatic rings. The first-order valence-electron chi connectivity index (χ1n) is 1.71. The van der Waals surface area contributed by atoms with Crippen molar-refractivity contribution in [3.63, 3.8) is 0 Å². The zero-order valence-electron chi connectivity index (χ0n) is 5.34. The molecule has 1 unspecified atom stereocenters. The molecule has 0 aromatic heterocycles. The fourth-order valence-electron chi connectivity index (χ4n) is 0.0570. The summed E-state index contributed by atoms with van der Waals surface area (Å²) in [6, 6.07) is 0. The van der Waals surface area contributed by atoms with Gasteiger partial charge in [-0.25, -0.2) is 0 Å². The molecule has 1 atom stereocenters. The van der Waals surface area contributed by atoms with E-state index in [1.54, 1.807) is 0 Å². The van der Waals surface area contributed by atoms with Crippen LogP contribution in [0.25, 0.3) is 0 Å². The molecule has 0 aliphatic heterocycles. The second kappa shape index (κ2) is 12.5. The van der Waals surface area contributed by atoms with Gasteiger partial charge in [-0.3, -0.25) is 0 Å². The molecule has 0 spiro atoms. The average molecular weight is 252 g/mol. The van der Waals surface area contributed by atoms with Gasteiger partial charge in [0.05, 0.1) is 8.60 Å². The van der Waals surface area contributed by atoms with Crippen LogP contribution in [0.3, 0.4) is 0 Å². The van der Waals surface area contributed by atoms with Crippen LogP contribution in [-0.2, 0) is 4.31 Å². The molecule has 70 valence electrons. The van der Waals surface area contributed by atoms with E-state index in [0.29, 0.717) is 0 Å². The van der Waals surface area contributed by atoms with Gasteiger partial charge in [0.25, 0.3) is 0 Å². The number of hydrogen-bond donors (Lipinski definition) is 4. The summed E-state index contributed by atoms with van der Waals surface area (Å²) in [4.78, 5) is 57.2. The van der Waals surface area contributed by atoms with Crippen molar-refractivity contribution < 1.29 is 38.6 Å². The third-order valence-electron chi connectivity index (χ3n) is 0.137. The Balaban J connectivity index is -0.000000142. The summed E-state index contributed by atoms with van der Waals surface area (Å²) in [7, 11) is -8.78. The van der Waals surface area contributed by atoms with Crippen LogP contribution < -0.4 is 14.7 Å². The van der Waals surface area contributed by atoms with Crippen molar-refractivity contribution in [2.45, 2.75) is 0 Å². The Morgan fingerprint density at radius 3 is 1.17 bits per heavy atom. The van der Waals surface area contributed by atoms with E-state index in [4.69, 9.17) is 19.6 Å². The van der Waals surface area contributed by atoms with Crippen LogP contribution in [0.15, 0.2) is 0 Å². The Morgan fingerprint density at radius 1 is 0.917 bits per heavy atom. The van der Waals surface area contributed by atoms with Crippen LogP contribution in [0.5, 0.6) is 0 Å². The quantitative estimate of drug-likeness (QED) is 0.289. The van der Waals surface area contributed by atoms with E-state index in [9.17, 15) is 14.7 Å².